The highest BCUT2D eigenvalue weighted by Gasteiger charge is 2.30. The lowest BCUT2D eigenvalue weighted by Crippen LogP contribution is -2.30. The number of aliphatic hydroxyl groups is 1. The van der Waals surface area contributed by atoms with Gasteiger partial charge in [-0.1, -0.05) is 263 Å². The Kier molecular flexibility index (Phi) is 72.4. The normalized spacial score (nSPS) is 14.6. The number of carbonyl (C=O) groups is 4. The van der Waals surface area contributed by atoms with E-state index in [1.54, 1.807) is 0 Å². The van der Waals surface area contributed by atoms with E-state index in [0.717, 1.165) is 173 Å². The molecule has 0 aromatic heterocycles. The molecule has 5 unspecified atom stereocenters. The first-order valence-corrected chi connectivity index (χ1v) is 43.1. The lowest BCUT2D eigenvalue weighted by atomic mass is 10.1. The van der Waals surface area contributed by atoms with E-state index < -0.39 is 97.5 Å². The van der Waals surface area contributed by atoms with E-state index in [1.807, 2.05) is 0 Å². The Morgan fingerprint density at radius 3 is 0.827 bits per heavy atom. The number of rotatable bonds is 74. The Bertz CT molecular complexity index is 2540. The number of ether oxygens (including phenoxy) is 4. The van der Waals surface area contributed by atoms with Gasteiger partial charge in [0, 0.05) is 25.7 Å². The summed E-state index contributed by atoms with van der Waals surface area (Å²) in [6.07, 6.45) is 86.8. The van der Waals surface area contributed by atoms with Crippen molar-refractivity contribution < 1.29 is 80.2 Å². The second-order valence-corrected chi connectivity index (χ2v) is 29.1. The quantitative estimate of drug-likeness (QED) is 0.0169. The molecule has 0 aliphatic carbocycles. The number of hydrogen-bond donors (Lipinski definition) is 3. The summed E-state index contributed by atoms with van der Waals surface area (Å²) >= 11 is 0. The van der Waals surface area contributed by atoms with E-state index in [9.17, 15) is 43.2 Å². The zero-order valence-corrected chi connectivity index (χ0v) is 66.7. The second-order valence-electron chi connectivity index (χ2n) is 26.2. The third-order valence-corrected chi connectivity index (χ3v) is 18.2. The van der Waals surface area contributed by atoms with Crippen molar-refractivity contribution in [2.45, 2.75) is 329 Å². The molecular formula is C85H142O17P2. The molecule has 594 valence electrons. The van der Waals surface area contributed by atoms with Gasteiger partial charge in [0.15, 0.2) is 12.2 Å². The first-order valence-electron chi connectivity index (χ1n) is 40.1. The Balaban J connectivity index is 5.45. The predicted molar refractivity (Wildman–Crippen MR) is 427 cm³/mol. The highest BCUT2D eigenvalue weighted by molar-refractivity contribution is 7.47. The zero-order chi connectivity index (χ0) is 76.0. The Labute approximate surface area is 630 Å². The van der Waals surface area contributed by atoms with Crippen LogP contribution in [0.25, 0.3) is 0 Å². The fourth-order valence-corrected chi connectivity index (χ4v) is 11.8. The van der Waals surface area contributed by atoms with Gasteiger partial charge in [0.1, 0.15) is 19.3 Å². The van der Waals surface area contributed by atoms with E-state index in [0.29, 0.717) is 25.7 Å². The third-order valence-electron chi connectivity index (χ3n) is 16.3. The van der Waals surface area contributed by atoms with Crippen LogP contribution in [-0.4, -0.2) is 96.7 Å². The summed E-state index contributed by atoms with van der Waals surface area (Å²) in [5, 5.41) is 10.6. The first-order chi connectivity index (χ1) is 50.7. The Morgan fingerprint density at radius 1 is 0.279 bits per heavy atom. The molecule has 5 atom stereocenters. The fraction of sp³-hybridized carbons (Fsp3) is 0.671. The van der Waals surface area contributed by atoms with Gasteiger partial charge >= 0.3 is 39.5 Å². The number of hydrogen-bond acceptors (Lipinski definition) is 15. The maximum absolute atomic E-state index is 13.1. The molecule has 3 N–H and O–H groups in total. The van der Waals surface area contributed by atoms with Crippen molar-refractivity contribution in [1.82, 2.24) is 0 Å². The van der Waals surface area contributed by atoms with E-state index >= 15 is 0 Å². The number of phosphoric acid groups is 2. The topological polar surface area (TPSA) is 237 Å². The van der Waals surface area contributed by atoms with Crippen LogP contribution in [0.15, 0.2) is 146 Å². The second kappa shape index (κ2) is 76.1. The van der Waals surface area contributed by atoms with Crippen LogP contribution < -0.4 is 0 Å². The zero-order valence-electron chi connectivity index (χ0n) is 64.9. The van der Waals surface area contributed by atoms with Gasteiger partial charge in [0.2, 0.25) is 0 Å². The van der Waals surface area contributed by atoms with Gasteiger partial charge in [0.05, 0.1) is 26.4 Å². The molecule has 0 aromatic carbocycles. The van der Waals surface area contributed by atoms with Gasteiger partial charge in [-0.25, -0.2) is 9.13 Å². The van der Waals surface area contributed by atoms with Crippen LogP contribution in [0.5, 0.6) is 0 Å². The lowest BCUT2D eigenvalue weighted by molar-refractivity contribution is -0.161. The summed E-state index contributed by atoms with van der Waals surface area (Å²) in [5.74, 6) is -2.29. The smallest absolute Gasteiger partial charge is 0.462 e. The minimum absolute atomic E-state index is 0.0662. The van der Waals surface area contributed by atoms with Crippen LogP contribution in [0.3, 0.4) is 0 Å². The van der Waals surface area contributed by atoms with Gasteiger partial charge < -0.3 is 33.8 Å². The highest BCUT2D eigenvalue weighted by Crippen LogP contribution is 2.45. The predicted octanol–water partition coefficient (Wildman–Crippen LogP) is 23.4. The highest BCUT2D eigenvalue weighted by atomic mass is 31.2. The van der Waals surface area contributed by atoms with Crippen molar-refractivity contribution in [1.29, 1.82) is 0 Å². The minimum atomic E-state index is -5.00. The molecule has 0 saturated heterocycles. The first kappa shape index (κ1) is 98.9. The van der Waals surface area contributed by atoms with Crippen LogP contribution >= 0.6 is 15.6 Å². The molecular weight excluding hydrogens is 1350 g/mol. The molecule has 0 radical (unpaired) electrons. The molecule has 0 heterocycles. The molecule has 0 bridgehead atoms. The number of carbonyl (C=O) groups excluding carboxylic acids is 4. The van der Waals surface area contributed by atoms with Crippen molar-refractivity contribution in [3.63, 3.8) is 0 Å². The van der Waals surface area contributed by atoms with Crippen LogP contribution in [-0.2, 0) is 65.4 Å². The number of aliphatic hydroxyl groups excluding tert-OH is 1. The largest absolute Gasteiger partial charge is 0.472 e. The van der Waals surface area contributed by atoms with E-state index in [2.05, 4.69) is 174 Å². The van der Waals surface area contributed by atoms with Crippen LogP contribution in [0.2, 0.25) is 0 Å². The standard InChI is InChI=1S/C85H142O17P2/c1-5-9-13-17-21-25-29-33-37-38-39-40-44-46-50-54-58-62-66-70-83(88)96-76-81(102-85(90)72-68-64-60-56-52-48-43-36-32-28-24-20-16-12-8-4)78-100-104(93,94)98-74-79(86)73-97-103(91,92)99-77-80(101-84(89)71-67-63-59-55-51-47-42-35-31-27-23-19-15-11-7-3)75-95-82(87)69-65-61-57-53-49-45-41-34-30-26-22-18-14-10-6-2/h9-10,13-14,21-22,24-26,28,33-37,39-43,46,49-50,53,79-81,86H,5-8,11-12,15-20,23,27,29-32,38,44-45,47-48,51-52,54-78H2,1-4H3,(H,91,92)(H,93,94)/b13-9-,14-10-,25-21-,26-22-,28-24-,37-33-,40-39-,41-34-,42-35-,43-36-,50-46-,53-49-. The summed E-state index contributed by atoms with van der Waals surface area (Å²) in [5.41, 5.74) is 0. The molecule has 0 rings (SSSR count). The maximum atomic E-state index is 13.1. The van der Waals surface area contributed by atoms with E-state index in [1.165, 1.54) is 57.8 Å². The number of allylic oxidation sites excluding steroid dienone is 24. The Morgan fingerprint density at radius 2 is 0.500 bits per heavy atom. The van der Waals surface area contributed by atoms with Crippen molar-refractivity contribution in [2.75, 3.05) is 39.6 Å². The van der Waals surface area contributed by atoms with Crippen molar-refractivity contribution >= 4 is 39.5 Å². The van der Waals surface area contributed by atoms with Gasteiger partial charge in [-0.05, 0) is 167 Å². The molecule has 0 fully saturated rings. The van der Waals surface area contributed by atoms with Crippen LogP contribution in [0.1, 0.15) is 310 Å². The number of phosphoric ester groups is 2. The summed E-state index contributed by atoms with van der Waals surface area (Å²) < 4.78 is 68.5. The molecule has 0 amide bonds. The third kappa shape index (κ3) is 75.2. The molecule has 0 aliphatic heterocycles. The fourth-order valence-electron chi connectivity index (χ4n) is 10.2. The molecule has 0 saturated carbocycles. The van der Waals surface area contributed by atoms with Crippen LogP contribution in [0, 0.1) is 0 Å². The molecule has 104 heavy (non-hydrogen) atoms. The average molecular weight is 1500 g/mol. The minimum Gasteiger partial charge on any atom is -0.462 e. The average Bonchev–Trinajstić information content (AvgIpc) is 0.918. The summed E-state index contributed by atoms with van der Waals surface area (Å²) in [6.45, 7) is 4.51. The maximum Gasteiger partial charge on any atom is 0.472 e. The molecule has 0 spiro atoms. The van der Waals surface area contributed by atoms with Crippen molar-refractivity contribution in [2.24, 2.45) is 0 Å². The number of unbranched alkanes of at least 4 members (excludes halogenated alkanes) is 24. The lowest BCUT2D eigenvalue weighted by Gasteiger charge is -2.21. The van der Waals surface area contributed by atoms with Crippen LogP contribution in [0.4, 0.5) is 0 Å². The number of esters is 4. The monoisotopic (exact) mass is 1500 g/mol. The summed E-state index contributed by atoms with van der Waals surface area (Å²) in [4.78, 5) is 73.0. The van der Waals surface area contributed by atoms with Crippen molar-refractivity contribution in [3.05, 3.63) is 146 Å². The van der Waals surface area contributed by atoms with Crippen molar-refractivity contribution in [3.8, 4) is 0 Å². The molecule has 17 nitrogen and oxygen atoms in total. The molecule has 19 heteroatoms. The van der Waals surface area contributed by atoms with Gasteiger partial charge in [-0.3, -0.25) is 37.3 Å². The van der Waals surface area contributed by atoms with E-state index in [4.69, 9.17) is 37.0 Å². The van der Waals surface area contributed by atoms with E-state index in [-0.39, 0.29) is 25.7 Å². The van der Waals surface area contributed by atoms with Gasteiger partial charge in [0.25, 0.3) is 0 Å². The van der Waals surface area contributed by atoms with Gasteiger partial charge in [-0.15, -0.1) is 0 Å². The van der Waals surface area contributed by atoms with Gasteiger partial charge in [-0.2, -0.15) is 0 Å². The molecule has 0 aromatic rings. The summed E-state index contributed by atoms with van der Waals surface area (Å²) in [6, 6.07) is 0. The summed E-state index contributed by atoms with van der Waals surface area (Å²) in [7, 11) is -9.99. The SMILES string of the molecule is CC/C=C\C/C=C\C/C=C\C/C=C\C/C=C\CCCCCC(=O)OCC(COP(=O)(O)OCC(O)COP(=O)(O)OCC(COC(=O)CCCC/C=C\C/C=C\C/C=C\C/C=C\CC)OC(=O)CCCCCCC/C=C\CCCCCCCC)OC(=O)CCCCCCC/C=C\C/C=C\CCCCC. The Hall–Kier alpha value is -5.06. The molecule has 0 aliphatic rings.